The van der Waals surface area contributed by atoms with Gasteiger partial charge >= 0.3 is 0 Å². The Balaban J connectivity index is 1.37. The summed E-state index contributed by atoms with van der Waals surface area (Å²) >= 11 is 1.50. The van der Waals surface area contributed by atoms with Crippen LogP contribution in [0.3, 0.4) is 0 Å². The van der Waals surface area contributed by atoms with E-state index in [9.17, 15) is 9.18 Å². The van der Waals surface area contributed by atoms with Crippen molar-refractivity contribution in [3.05, 3.63) is 48.3 Å². The highest BCUT2D eigenvalue weighted by molar-refractivity contribution is 7.22. The molecule has 7 heteroatoms. The van der Waals surface area contributed by atoms with Gasteiger partial charge in [-0.2, -0.15) is 0 Å². The number of hydrogen-bond donors (Lipinski definition) is 1. The molecule has 1 aliphatic rings. The van der Waals surface area contributed by atoms with Gasteiger partial charge in [0.05, 0.1) is 11.8 Å². The van der Waals surface area contributed by atoms with Gasteiger partial charge in [0.25, 0.3) is 0 Å². The van der Waals surface area contributed by atoms with E-state index in [1.54, 1.807) is 13.2 Å². The zero-order chi connectivity index (χ0) is 18.8. The number of halogens is 1. The molecule has 1 aromatic heterocycles. The van der Waals surface area contributed by atoms with Gasteiger partial charge in [-0.3, -0.25) is 4.79 Å². The number of rotatable bonds is 4. The Labute approximate surface area is 160 Å². The zero-order valence-electron chi connectivity index (χ0n) is 14.9. The van der Waals surface area contributed by atoms with Crippen molar-refractivity contribution in [3.8, 4) is 5.75 Å². The number of methoxy groups -OCH3 is 1. The average Bonchev–Trinajstić information content (AvgIpc) is 3.14. The number of para-hydroxylation sites is 1. The monoisotopic (exact) mass is 385 g/mol. The number of hydrogen-bond acceptors (Lipinski definition) is 5. The van der Waals surface area contributed by atoms with Crippen LogP contribution in [0.1, 0.15) is 12.8 Å². The van der Waals surface area contributed by atoms with E-state index in [-0.39, 0.29) is 17.6 Å². The zero-order valence-corrected chi connectivity index (χ0v) is 15.8. The molecule has 0 aliphatic carbocycles. The smallest absolute Gasteiger partial charge is 0.227 e. The third-order valence-electron chi connectivity index (χ3n) is 4.85. The molecule has 27 heavy (non-hydrogen) atoms. The molecule has 1 saturated heterocycles. The SMILES string of the molecule is COc1ccc(NC(=O)C2CCN(c3nc4c(F)cccc4s3)CC2)cc1. The van der Waals surface area contributed by atoms with E-state index in [0.29, 0.717) is 5.52 Å². The Morgan fingerprint density at radius 2 is 1.96 bits per heavy atom. The topological polar surface area (TPSA) is 54.5 Å². The van der Waals surface area contributed by atoms with Crippen molar-refractivity contribution in [2.45, 2.75) is 12.8 Å². The normalized spacial score (nSPS) is 15.1. The first-order chi connectivity index (χ1) is 13.1. The molecule has 0 saturated carbocycles. The third kappa shape index (κ3) is 3.73. The van der Waals surface area contributed by atoms with Gasteiger partial charge in [0.2, 0.25) is 5.91 Å². The van der Waals surface area contributed by atoms with Crippen molar-refractivity contribution in [1.29, 1.82) is 0 Å². The van der Waals surface area contributed by atoms with Gasteiger partial charge in [0.1, 0.15) is 17.1 Å². The quantitative estimate of drug-likeness (QED) is 0.728. The van der Waals surface area contributed by atoms with Crippen LogP contribution in [0.25, 0.3) is 10.2 Å². The molecule has 0 bridgehead atoms. The fourth-order valence-electron chi connectivity index (χ4n) is 3.29. The molecule has 1 N–H and O–H groups in total. The fourth-order valence-corrected chi connectivity index (χ4v) is 4.32. The molecular formula is C20H20FN3O2S. The first-order valence-corrected chi connectivity index (χ1v) is 9.70. The number of ether oxygens (including phenoxy) is 1. The van der Waals surface area contributed by atoms with Crippen molar-refractivity contribution < 1.29 is 13.9 Å². The highest BCUT2D eigenvalue weighted by atomic mass is 32.1. The summed E-state index contributed by atoms with van der Waals surface area (Å²) < 4.78 is 19.8. The lowest BCUT2D eigenvalue weighted by molar-refractivity contribution is -0.120. The summed E-state index contributed by atoms with van der Waals surface area (Å²) in [6, 6.07) is 12.3. The number of carbonyl (C=O) groups excluding carboxylic acids is 1. The number of aromatic nitrogens is 1. The van der Waals surface area contributed by atoms with E-state index >= 15 is 0 Å². The number of piperidine rings is 1. The third-order valence-corrected chi connectivity index (χ3v) is 5.93. The van der Waals surface area contributed by atoms with Gasteiger partial charge in [0, 0.05) is 24.7 Å². The predicted octanol–water partition coefficient (Wildman–Crippen LogP) is 4.30. The van der Waals surface area contributed by atoms with Gasteiger partial charge in [-0.15, -0.1) is 0 Å². The largest absolute Gasteiger partial charge is 0.497 e. The first-order valence-electron chi connectivity index (χ1n) is 8.89. The summed E-state index contributed by atoms with van der Waals surface area (Å²) in [5.74, 6) is 0.474. The number of carbonyl (C=O) groups is 1. The maximum atomic E-state index is 13.9. The Morgan fingerprint density at radius 1 is 1.22 bits per heavy atom. The summed E-state index contributed by atoms with van der Waals surface area (Å²) in [5.41, 5.74) is 1.20. The fraction of sp³-hybridized carbons (Fsp3) is 0.300. The van der Waals surface area contributed by atoms with Crippen molar-refractivity contribution in [3.63, 3.8) is 0 Å². The molecule has 3 aromatic rings. The summed E-state index contributed by atoms with van der Waals surface area (Å²) in [6.45, 7) is 1.48. The van der Waals surface area contributed by atoms with E-state index in [1.807, 2.05) is 30.3 Å². The molecule has 4 rings (SSSR count). The van der Waals surface area contributed by atoms with Crippen LogP contribution in [-0.2, 0) is 4.79 Å². The molecule has 5 nitrogen and oxygen atoms in total. The molecule has 2 heterocycles. The molecule has 2 aromatic carbocycles. The van der Waals surface area contributed by atoms with Crippen molar-refractivity contribution in [1.82, 2.24) is 4.98 Å². The number of benzene rings is 2. The Morgan fingerprint density at radius 3 is 2.63 bits per heavy atom. The Bertz CT molecular complexity index is 950. The maximum absolute atomic E-state index is 13.9. The lowest BCUT2D eigenvalue weighted by atomic mass is 9.96. The van der Waals surface area contributed by atoms with E-state index < -0.39 is 0 Å². The number of thiazole rings is 1. The average molecular weight is 385 g/mol. The molecule has 1 aliphatic heterocycles. The number of amides is 1. The van der Waals surface area contributed by atoms with Crippen LogP contribution in [0.15, 0.2) is 42.5 Å². The predicted molar refractivity (Wildman–Crippen MR) is 106 cm³/mol. The summed E-state index contributed by atoms with van der Waals surface area (Å²) in [7, 11) is 1.61. The Kier molecular flexibility index (Phi) is 4.94. The van der Waals surface area contributed by atoms with Crippen LogP contribution in [-0.4, -0.2) is 31.1 Å². The van der Waals surface area contributed by atoms with Crippen LogP contribution in [0.4, 0.5) is 15.2 Å². The van der Waals surface area contributed by atoms with Gasteiger partial charge < -0.3 is 15.0 Å². The standard InChI is InChI=1S/C20H20FN3O2S/c1-26-15-7-5-14(6-8-15)22-19(25)13-9-11-24(12-10-13)20-23-18-16(21)3-2-4-17(18)27-20/h2-8,13H,9-12H2,1H3,(H,22,25). The molecule has 0 spiro atoms. The summed E-state index contributed by atoms with van der Waals surface area (Å²) in [4.78, 5) is 19.1. The molecule has 140 valence electrons. The van der Waals surface area contributed by atoms with E-state index in [0.717, 1.165) is 47.2 Å². The lowest BCUT2D eigenvalue weighted by Crippen LogP contribution is -2.38. The molecule has 0 atom stereocenters. The Hall–Kier alpha value is -2.67. The van der Waals surface area contributed by atoms with Gasteiger partial charge in [-0.1, -0.05) is 17.4 Å². The highest BCUT2D eigenvalue weighted by Gasteiger charge is 2.26. The summed E-state index contributed by atoms with van der Waals surface area (Å²) in [6.07, 6.45) is 1.50. The molecule has 1 amide bonds. The van der Waals surface area contributed by atoms with E-state index in [2.05, 4.69) is 15.2 Å². The van der Waals surface area contributed by atoms with E-state index in [1.165, 1.54) is 17.4 Å². The van der Waals surface area contributed by atoms with Gasteiger partial charge in [-0.05, 0) is 49.2 Å². The second-order valence-corrected chi connectivity index (χ2v) is 7.57. The molecular weight excluding hydrogens is 365 g/mol. The highest BCUT2D eigenvalue weighted by Crippen LogP contribution is 2.32. The van der Waals surface area contributed by atoms with Crippen molar-refractivity contribution in [2.24, 2.45) is 5.92 Å². The molecule has 0 unspecified atom stereocenters. The van der Waals surface area contributed by atoms with Gasteiger partial charge in [-0.25, -0.2) is 9.37 Å². The molecule has 1 fully saturated rings. The number of nitrogens with one attached hydrogen (secondary N) is 1. The number of fused-ring (bicyclic) bond motifs is 1. The minimum atomic E-state index is -0.288. The van der Waals surface area contributed by atoms with Crippen LogP contribution < -0.4 is 15.0 Å². The van der Waals surface area contributed by atoms with Crippen molar-refractivity contribution in [2.75, 3.05) is 30.4 Å². The van der Waals surface area contributed by atoms with Crippen LogP contribution in [0.2, 0.25) is 0 Å². The van der Waals surface area contributed by atoms with Crippen LogP contribution in [0.5, 0.6) is 5.75 Å². The lowest BCUT2D eigenvalue weighted by Gasteiger charge is -2.31. The minimum Gasteiger partial charge on any atom is -0.497 e. The number of nitrogens with zero attached hydrogens (tertiary/aromatic N) is 2. The second-order valence-electron chi connectivity index (χ2n) is 6.56. The van der Waals surface area contributed by atoms with Gasteiger partial charge in [0.15, 0.2) is 5.13 Å². The maximum Gasteiger partial charge on any atom is 0.227 e. The van der Waals surface area contributed by atoms with Crippen LogP contribution in [0, 0.1) is 11.7 Å². The second kappa shape index (κ2) is 7.52. The molecule has 0 radical (unpaired) electrons. The number of anilines is 2. The first kappa shape index (κ1) is 17.7. The van der Waals surface area contributed by atoms with Crippen LogP contribution >= 0.6 is 11.3 Å². The van der Waals surface area contributed by atoms with E-state index in [4.69, 9.17) is 4.74 Å². The summed E-state index contributed by atoms with van der Waals surface area (Å²) in [5, 5.41) is 3.79. The van der Waals surface area contributed by atoms with Crippen molar-refractivity contribution >= 4 is 38.3 Å². The minimum absolute atomic E-state index is 0.0329.